The van der Waals surface area contributed by atoms with Gasteiger partial charge in [-0.1, -0.05) is 26.0 Å². The standard InChI is InChI=1S/C25H31NO6/c1-6-30-11-12-31-24(29)21-15(2)26-19-13-25(4,5)14-20(28)23(19)22(21)17-7-9-18(10-8-17)32-16(3)27/h7-10,21-22H,6,11-14H2,1-5H3/t21?,22-/m0/s1. The molecule has 0 aromatic heterocycles. The predicted molar refractivity (Wildman–Crippen MR) is 120 cm³/mol. The first kappa shape index (κ1) is 23.9. The van der Waals surface area contributed by atoms with Crippen LogP contribution in [0.3, 0.4) is 0 Å². The van der Waals surface area contributed by atoms with Gasteiger partial charge in [0.25, 0.3) is 0 Å². The Kier molecular flexibility index (Phi) is 7.29. The molecule has 0 saturated carbocycles. The van der Waals surface area contributed by atoms with Crippen molar-refractivity contribution >= 4 is 23.4 Å². The summed E-state index contributed by atoms with van der Waals surface area (Å²) in [7, 11) is 0. The normalized spacial score (nSPS) is 22.2. The number of esters is 2. The first-order valence-corrected chi connectivity index (χ1v) is 11.0. The zero-order chi connectivity index (χ0) is 23.5. The van der Waals surface area contributed by atoms with E-state index >= 15 is 0 Å². The number of nitrogens with zero attached hydrogens (tertiary/aromatic N) is 1. The molecular formula is C25H31NO6. The van der Waals surface area contributed by atoms with Gasteiger partial charge in [-0.2, -0.15) is 0 Å². The molecule has 172 valence electrons. The van der Waals surface area contributed by atoms with Crippen LogP contribution in [0.25, 0.3) is 0 Å². The third-order valence-corrected chi connectivity index (χ3v) is 5.73. The van der Waals surface area contributed by atoms with Gasteiger partial charge in [-0.25, -0.2) is 0 Å². The fourth-order valence-corrected chi connectivity index (χ4v) is 4.46. The monoisotopic (exact) mass is 441 g/mol. The third-order valence-electron chi connectivity index (χ3n) is 5.73. The third kappa shape index (κ3) is 5.33. The highest BCUT2D eigenvalue weighted by Gasteiger charge is 2.46. The number of hydrogen-bond donors (Lipinski definition) is 0. The van der Waals surface area contributed by atoms with E-state index in [0.29, 0.717) is 43.1 Å². The average Bonchev–Trinajstić information content (AvgIpc) is 2.69. The Morgan fingerprint density at radius 2 is 1.81 bits per heavy atom. The van der Waals surface area contributed by atoms with E-state index in [0.717, 1.165) is 11.3 Å². The SMILES string of the molecule is CCOCCOC(=O)C1C(C)=NC2=C(C(=O)CC(C)(C)C2)[C@H]1c1ccc(OC(C)=O)cc1. The maximum atomic E-state index is 13.2. The Morgan fingerprint density at radius 1 is 1.12 bits per heavy atom. The lowest BCUT2D eigenvalue weighted by Gasteiger charge is -2.39. The van der Waals surface area contributed by atoms with Crippen molar-refractivity contribution in [2.45, 2.75) is 53.4 Å². The predicted octanol–water partition coefficient (Wildman–Crippen LogP) is 4.01. The van der Waals surface area contributed by atoms with Crippen LogP contribution < -0.4 is 4.74 Å². The van der Waals surface area contributed by atoms with Gasteiger partial charge in [0.15, 0.2) is 5.78 Å². The summed E-state index contributed by atoms with van der Waals surface area (Å²) < 4.78 is 15.9. The number of carbonyl (C=O) groups is 3. The lowest BCUT2D eigenvalue weighted by Crippen LogP contribution is -2.39. The Balaban J connectivity index is 2.00. The summed E-state index contributed by atoms with van der Waals surface area (Å²) in [6.07, 6.45) is 1.06. The second-order valence-corrected chi connectivity index (χ2v) is 9.04. The summed E-state index contributed by atoms with van der Waals surface area (Å²) in [4.78, 5) is 42.3. The Labute approximate surface area is 188 Å². The van der Waals surface area contributed by atoms with Gasteiger partial charge >= 0.3 is 11.9 Å². The fraction of sp³-hybridized carbons (Fsp3) is 0.520. The number of carbonyl (C=O) groups excluding carboxylic acids is 3. The molecule has 1 aromatic rings. The van der Waals surface area contributed by atoms with E-state index in [2.05, 4.69) is 13.8 Å². The highest BCUT2D eigenvalue weighted by Crippen LogP contribution is 2.48. The lowest BCUT2D eigenvalue weighted by molar-refractivity contribution is -0.148. The number of rotatable bonds is 7. The molecule has 1 unspecified atom stereocenters. The molecule has 2 aliphatic rings. The molecule has 32 heavy (non-hydrogen) atoms. The molecule has 1 aromatic carbocycles. The minimum Gasteiger partial charge on any atom is -0.463 e. The van der Waals surface area contributed by atoms with Gasteiger partial charge in [0, 0.05) is 42.9 Å². The minimum absolute atomic E-state index is 0.00804. The van der Waals surface area contributed by atoms with Crippen LogP contribution in [-0.2, 0) is 23.9 Å². The van der Waals surface area contributed by atoms with Gasteiger partial charge in [-0.05, 0) is 43.4 Å². The van der Waals surface area contributed by atoms with Crippen LogP contribution in [0.4, 0.5) is 0 Å². The van der Waals surface area contributed by atoms with Crippen molar-refractivity contribution in [2.24, 2.45) is 16.3 Å². The zero-order valence-electron chi connectivity index (χ0n) is 19.4. The lowest BCUT2D eigenvalue weighted by atomic mass is 9.67. The summed E-state index contributed by atoms with van der Waals surface area (Å²) in [5.41, 5.74) is 2.55. The summed E-state index contributed by atoms with van der Waals surface area (Å²) in [6.45, 7) is 10.1. The molecule has 1 heterocycles. The van der Waals surface area contributed by atoms with Gasteiger partial charge in [0.05, 0.1) is 6.61 Å². The zero-order valence-corrected chi connectivity index (χ0v) is 19.4. The van der Waals surface area contributed by atoms with Gasteiger partial charge < -0.3 is 14.2 Å². The van der Waals surface area contributed by atoms with Crippen LogP contribution in [0.5, 0.6) is 5.75 Å². The summed E-state index contributed by atoms with van der Waals surface area (Å²) in [6, 6.07) is 6.93. The maximum absolute atomic E-state index is 13.2. The largest absolute Gasteiger partial charge is 0.463 e. The maximum Gasteiger partial charge on any atom is 0.315 e. The molecule has 2 atom stereocenters. The summed E-state index contributed by atoms with van der Waals surface area (Å²) in [5, 5.41) is 0. The summed E-state index contributed by atoms with van der Waals surface area (Å²) in [5.74, 6) is -1.64. The number of Topliss-reactive ketones (excluding diaryl/α,β-unsaturated/α-hetero) is 1. The highest BCUT2D eigenvalue weighted by atomic mass is 16.6. The number of benzene rings is 1. The van der Waals surface area contributed by atoms with Crippen LogP contribution in [-0.4, -0.2) is 43.3 Å². The molecule has 0 saturated heterocycles. The van der Waals surface area contributed by atoms with Crippen LogP contribution in [0, 0.1) is 11.3 Å². The molecule has 1 aliphatic heterocycles. The van der Waals surface area contributed by atoms with E-state index in [-0.39, 0.29) is 17.8 Å². The van der Waals surface area contributed by atoms with Gasteiger partial charge in [-0.3, -0.25) is 19.4 Å². The van der Waals surface area contributed by atoms with Crippen molar-refractivity contribution in [2.75, 3.05) is 19.8 Å². The van der Waals surface area contributed by atoms with Gasteiger partial charge in [0.1, 0.15) is 18.3 Å². The minimum atomic E-state index is -0.708. The molecule has 0 fully saturated rings. The topological polar surface area (TPSA) is 91.3 Å². The van der Waals surface area contributed by atoms with E-state index in [1.165, 1.54) is 6.92 Å². The molecule has 1 aliphatic carbocycles. The van der Waals surface area contributed by atoms with E-state index in [1.807, 2.05) is 13.8 Å². The number of ketones is 1. The number of ether oxygens (including phenoxy) is 3. The smallest absolute Gasteiger partial charge is 0.315 e. The highest BCUT2D eigenvalue weighted by molar-refractivity contribution is 6.09. The Morgan fingerprint density at radius 3 is 2.44 bits per heavy atom. The Hall–Kier alpha value is -2.80. The average molecular weight is 442 g/mol. The van der Waals surface area contributed by atoms with E-state index in [1.54, 1.807) is 24.3 Å². The van der Waals surface area contributed by atoms with Crippen LogP contribution in [0.2, 0.25) is 0 Å². The second kappa shape index (κ2) is 9.77. The molecule has 0 bridgehead atoms. The van der Waals surface area contributed by atoms with E-state index in [4.69, 9.17) is 19.2 Å². The molecule has 0 spiro atoms. The number of hydrogen-bond acceptors (Lipinski definition) is 7. The quantitative estimate of drug-likeness (QED) is 0.361. The molecule has 0 amide bonds. The van der Waals surface area contributed by atoms with Gasteiger partial charge in [0.2, 0.25) is 0 Å². The van der Waals surface area contributed by atoms with Crippen molar-refractivity contribution in [3.8, 4) is 5.75 Å². The molecule has 3 rings (SSSR count). The number of allylic oxidation sites excluding steroid dienone is 2. The molecular weight excluding hydrogens is 410 g/mol. The molecule has 0 N–H and O–H groups in total. The molecule has 0 radical (unpaired) electrons. The van der Waals surface area contributed by atoms with Crippen molar-refractivity contribution in [1.29, 1.82) is 0 Å². The van der Waals surface area contributed by atoms with Crippen molar-refractivity contribution in [3.63, 3.8) is 0 Å². The second-order valence-electron chi connectivity index (χ2n) is 9.04. The summed E-state index contributed by atoms with van der Waals surface area (Å²) >= 11 is 0. The van der Waals surface area contributed by atoms with Crippen LogP contribution in [0.1, 0.15) is 58.9 Å². The van der Waals surface area contributed by atoms with Crippen LogP contribution in [0.15, 0.2) is 40.5 Å². The Bertz CT molecular complexity index is 957. The fourth-order valence-electron chi connectivity index (χ4n) is 4.46. The first-order chi connectivity index (χ1) is 15.1. The van der Waals surface area contributed by atoms with Crippen molar-refractivity contribution in [3.05, 3.63) is 41.1 Å². The first-order valence-electron chi connectivity index (χ1n) is 11.0. The van der Waals surface area contributed by atoms with E-state index < -0.39 is 23.8 Å². The van der Waals surface area contributed by atoms with Crippen molar-refractivity contribution < 1.29 is 28.6 Å². The van der Waals surface area contributed by atoms with Gasteiger partial charge in [-0.15, -0.1) is 0 Å². The molecule has 7 nitrogen and oxygen atoms in total. The number of aliphatic imine (C=N–C) groups is 1. The molecule has 7 heteroatoms. The van der Waals surface area contributed by atoms with Crippen molar-refractivity contribution in [1.82, 2.24) is 0 Å². The van der Waals surface area contributed by atoms with E-state index in [9.17, 15) is 14.4 Å². The van der Waals surface area contributed by atoms with Crippen LogP contribution >= 0.6 is 0 Å².